The fourth-order valence-electron chi connectivity index (χ4n) is 2.71. The fraction of sp³-hybridized carbons (Fsp3) is 0.652. The van der Waals surface area contributed by atoms with E-state index in [1.54, 1.807) is 41.5 Å². The van der Waals surface area contributed by atoms with E-state index in [4.69, 9.17) is 18.9 Å². The number of alkyl halides is 1. The van der Waals surface area contributed by atoms with Gasteiger partial charge in [-0.2, -0.15) is 0 Å². The van der Waals surface area contributed by atoms with E-state index in [1.165, 1.54) is 0 Å². The molecule has 0 saturated carbocycles. The highest BCUT2D eigenvalue weighted by atomic mass is 19.1. The molecule has 1 N–H and O–H groups in total. The highest BCUT2D eigenvalue weighted by molar-refractivity contribution is 5.76. The predicted molar refractivity (Wildman–Crippen MR) is 111 cm³/mol. The highest BCUT2D eigenvalue weighted by Gasteiger charge is 2.50. The standard InChI is InChI=1S/C23H33FO7/c1-22(2,3)20(26)29-13-15-16(24)18(31-21(27)23(4,5)6)17(25)19(30-15)28-12-14-10-8-7-9-11-14/h7-11,15-19,25H,12-13H2,1-6H3/t15?,16-,17?,18+,19-/m1/s1. The van der Waals surface area contributed by atoms with Crippen molar-refractivity contribution < 1.29 is 38.0 Å². The van der Waals surface area contributed by atoms with Gasteiger partial charge in [-0.1, -0.05) is 30.3 Å². The Bertz CT molecular complexity index is 739. The van der Waals surface area contributed by atoms with Crippen LogP contribution < -0.4 is 0 Å². The molecule has 2 rings (SSSR count). The summed E-state index contributed by atoms with van der Waals surface area (Å²) in [5.74, 6) is -1.20. The molecule has 2 unspecified atom stereocenters. The van der Waals surface area contributed by atoms with Gasteiger partial charge in [-0.15, -0.1) is 0 Å². The zero-order valence-electron chi connectivity index (χ0n) is 19.0. The van der Waals surface area contributed by atoms with Crippen LogP contribution in [0.1, 0.15) is 47.1 Å². The van der Waals surface area contributed by atoms with Crippen LogP contribution in [-0.2, 0) is 35.1 Å². The molecule has 1 heterocycles. The molecule has 1 aliphatic heterocycles. The predicted octanol–water partition coefficient (Wildman–Crippen LogP) is 3.17. The molecular weight excluding hydrogens is 407 g/mol. The van der Waals surface area contributed by atoms with Crippen LogP contribution in [0.2, 0.25) is 0 Å². The molecule has 5 atom stereocenters. The van der Waals surface area contributed by atoms with Gasteiger partial charge in [0.1, 0.15) is 18.8 Å². The first-order valence-electron chi connectivity index (χ1n) is 10.3. The molecular formula is C23H33FO7. The first kappa shape index (κ1) is 25.2. The second-order valence-corrected chi connectivity index (χ2v) is 9.74. The number of aliphatic hydroxyl groups is 1. The second kappa shape index (κ2) is 10.1. The van der Waals surface area contributed by atoms with Gasteiger partial charge in [0.05, 0.1) is 17.4 Å². The molecule has 31 heavy (non-hydrogen) atoms. The van der Waals surface area contributed by atoms with Crippen LogP contribution in [0.4, 0.5) is 4.39 Å². The molecule has 0 spiro atoms. The highest BCUT2D eigenvalue weighted by Crippen LogP contribution is 2.30. The van der Waals surface area contributed by atoms with Gasteiger partial charge in [-0.25, -0.2) is 4.39 Å². The van der Waals surface area contributed by atoms with Crippen molar-refractivity contribution in [1.82, 2.24) is 0 Å². The lowest BCUT2D eigenvalue weighted by Gasteiger charge is -2.41. The van der Waals surface area contributed by atoms with E-state index < -0.39 is 60.1 Å². The van der Waals surface area contributed by atoms with Crippen molar-refractivity contribution in [2.24, 2.45) is 10.8 Å². The lowest BCUT2D eigenvalue weighted by Crippen LogP contribution is -2.59. The van der Waals surface area contributed by atoms with Crippen molar-refractivity contribution in [3.63, 3.8) is 0 Å². The van der Waals surface area contributed by atoms with Crippen molar-refractivity contribution in [2.75, 3.05) is 6.61 Å². The van der Waals surface area contributed by atoms with Crippen molar-refractivity contribution in [2.45, 2.75) is 78.9 Å². The minimum atomic E-state index is -1.91. The van der Waals surface area contributed by atoms with Gasteiger partial charge in [-0.05, 0) is 47.1 Å². The van der Waals surface area contributed by atoms with E-state index in [0.717, 1.165) is 5.56 Å². The van der Waals surface area contributed by atoms with Crippen molar-refractivity contribution in [3.05, 3.63) is 35.9 Å². The summed E-state index contributed by atoms with van der Waals surface area (Å²) in [4.78, 5) is 24.4. The van der Waals surface area contributed by atoms with Crippen LogP contribution in [0.25, 0.3) is 0 Å². The Kier molecular flexibility index (Phi) is 8.19. The van der Waals surface area contributed by atoms with E-state index in [0.29, 0.717) is 0 Å². The minimum Gasteiger partial charge on any atom is -0.462 e. The van der Waals surface area contributed by atoms with Crippen LogP contribution in [-0.4, -0.2) is 54.4 Å². The lowest BCUT2D eigenvalue weighted by molar-refractivity contribution is -0.298. The molecule has 0 bridgehead atoms. The minimum absolute atomic E-state index is 0.0912. The van der Waals surface area contributed by atoms with Gasteiger partial charge in [0, 0.05) is 0 Å². The first-order valence-corrected chi connectivity index (χ1v) is 10.3. The maximum Gasteiger partial charge on any atom is 0.311 e. The summed E-state index contributed by atoms with van der Waals surface area (Å²) in [5, 5.41) is 10.6. The third kappa shape index (κ3) is 6.98. The Morgan fingerprint density at radius 3 is 2.16 bits per heavy atom. The number of benzene rings is 1. The Morgan fingerprint density at radius 2 is 1.61 bits per heavy atom. The number of ether oxygens (including phenoxy) is 4. The van der Waals surface area contributed by atoms with Gasteiger partial charge in [0.2, 0.25) is 0 Å². The van der Waals surface area contributed by atoms with Gasteiger partial charge >= 0.3 is 11.9 Å². The molecule has 0 radical (unpaired) electrons. The summed E-state index contributed by atoms with van der Waals surface area (Å²) in [6, 6.07) is 9.17. The maximum absolute atomic E-state index is 15.2. The summed E-state index contributed by atoms with van der Waals surface area (Å²) in [6.45, 7) is 9.59. The van der Waals surface area contributed by atoms with Crippen LogP contribution in [0.5, 0.6) is 0 Å². The van der Waals surface area contributed by atoms with Gasteiger partial charge < -0.3 is 24.1 Å². The quantitative estimate of drug-likeness (QED) is 0.680. The average Bonchev–Trinajstić information content (AvgIpc) is 2.68. The Labute approximate surface area is 182 Å². The van der Waals surface area contributed by atoms with Crippen molar-refractivity contribution >= 4 is 11.9 Å². The monoisotopic (exact) mass is 440 g/mol. The topological polar surface area (TPSA) is 91.3 Å². The van der Waals surface area contributed by atoms with E-state index in [-0.39, 0.29) is 6.61 Å². The van der Waals surface area contributed by atoms with Gasteiger partial charge in [-0.3, -0.25) is 9.59 Å². The van der Waals surface area contributed by atoms with E-state index in [1.807, 2.05) is 30.3 Å². The number of hydrogen-bond donors (Lipinski definition) is 1. The van der Waals surface area contributed by atoms with E-state index >= 15 is 4.39 Å². The third-order valence-electron chi connectivity index (χ3n) is 4.70. The van der Waals surface area contributed by atoms with Crippen LogP contribution >= 0.6 is 0 Å². The summed E-state index contributed by atoms with van der Waals surface area (Å²) >= 11 is 0. The smallest absolute Gasteiger partial charge is 0.311 e. The van der Waals surface area contributed by atoms with Crippen LogP contribution in [0.3, 0.4) is 0 Å². The molecule has 7 nitrogen and oxygen atoms in total. The summed E-state index contributed by atoms with van der Waals surface area (Å²) in [5.41, 5.74) is -0.854. The second-order valence-electron chi connectivity index (χ2n) is 9.74. The third-order valence-corrected chi connectivity index (χ3v) is 4.70. The number of hydrogen-bond acceptors (Lipinski definition) is 7. The summed E-state index contributed by atoms with van der Waals surface area (Å²) in [6.07, 6.45) is -7.54. The Morgan fingerprint density at radius 1 is 1.03 bits per heavy atom. The SMILES string of the molecule is CC(C)(C)C(=O)OCC1O[C@@H](OCc2ccccc2)C(O)[C@@H](OC(=O)C(C)(C)C)[C@@H]1F. The lowest BCUT2D eigenvalue weighted by atomic mass is 9.95. The molecule has 0 aromatic heterocycles. The number of carbonyl (C=O) groups is 2. The van der Waals surface area contributed by atoms with Crippen molar-refractivity contribution in [3.8, 4) is 0 Å². The molecule has 1 aromatic rings. The van der Waals surface area contributed by atoms with E-state index in [2.05, 4.69) is 0 Å². The molecule has 8 heteroatoms. The molecule has 1 aliphatic rings. The van der Waals surface area contributed by atoms with Crippen LogP contribution in [0.15, 0.2) is 30.3 Å². The number of esters is 2. The molecule has 174 valence electrons. The maximum atomic E-state index is 15.2. The molecule has 0 amide bonds. The zero-order chi connectivity index (χ0) is 23.4. The average molecular weight is 441 g/mol. The zero-order valence-corrected chi connectivity index (χ0v) is 19.0. The molecule has 0 aliphatic carbocycles. The normalized spacial score (nSPS) is 26.9. The summed E-state index contributed by atoms with van der Waals surface area (Å²) in [7, 11) is 0. The molecule has 1 saturated heterocycles. The Balaban J connectivity index is 2.16. The van der Waals surface area contributed by atoms with E-state index in [9.17, 15) is 14.7 Å². The number of carbonyl (C=O) groups excluding carboxylic acids is 2. The van der Waals surface area contributed by atoms with Gasteiger partial charge in [0.15, 0.2) is 18.6 Å². The van der Waals surface area contributed by atoms with Gasteiger partial charge in [0.25, 0.3) is 0 Å². The summed E-state index contributed by atoms with van der Waals surface area (Å²) < 4.78 is 36.9. The van der Waals surface area contributed by atoms with Crippen molar-refractivity contribution in [1.29, 1.82) is 0 Å². The fourth-order valence-corrected chi connectivity index (χ4v) is 2.71. The largest absolute Gasteiger partial charge is 0.462 e. The Hall–Kier alpha value is -2.03. The molecule has 1 aromatic carbocycles. The number of halogens is 1. The number of rotatable bonds is 6. The first-order chi connectivity index (χ1) is 14.3. The molecule has 1 fully saturated rings. The number of aliphatic hydroxyl groups excluding tert-OH is 1. The van der Waals surface area contributed by atoms with Crippen LogP contribution in [0, 0.1) is 10.8 Å².